The van der Waals surface area contributed by atoms with Crippen LogP contribution < -0.4 is 19.7 Å². The Labute approximate surface area is 217 Å². The molecule has 0 N–H and O–H groups in total. The van der Waals surface area contributed by atoms with Crippen LogP contribution in [0.3, 0.4) is 0 Å². The molecule has 2 heterocycles. The van der Waals surface area contributed by atoms with E-state index in [1.807, 2.05) is 48.5 Å². The van der Waals surface area contributed by atoms with Gasteiger partial charge in [0.15, 0.2) is 0 Å². The van der Waals surface area contributed by atoms with Crippen LogP contribution in [0.2, 0.25) is 0 Å². The third kappa shape index (κ3) is 4.87. The maximum atomic E-state index is 11.0. The van der Waals surface area contributed by atoms with Crippen LogP contribution >= 0.6 is 0 Å². The van der Waals surface area contributed by atoms with E-state index >= 15 is 0 Å². The van der Waals surface area contributed by atoms with Gasteiger partial charge in [-0.3, -0.25) is 0 Å². The topological polar surface area (TPSA) is 98.7 Å². The predicted octanol–water partition coefficient (Wildman–Crippen LogP) is 3.11. The zero-order valence-corrected chi connectivity index (χ0v) is 20.1. The molecule has 0 bridgehead atoms. The first-order valence-electron chi connectivity index (χ1n) is 10.7. The van der Waals surface area contributed by atoms with Gasteiger partial charge in [-0.15, -0.1) is 0 Å². The third-order valence-electron chi connectivity index (χ3n) is 5.83. The number of carboxylic acid groups (broad SMARTS) is 2. The molecule has 0 radical (unpaired) electrons. The van der Waals surface area contributed by atoms with Gasteiger partial charge in [0.1, 0.15) is 23.0 Å². The quantitative estimate of drug-likeness (QED) is 0.358. The summed E-state index contributed by atoms with van der Waals surface area (Å²) in [6.45, 7) is 0. The van der Waals surface area contributed by atoms with E-state index in [1.165, 1.54) is 0 Å². The van der Waals surface area contributed by atoms with Crippen molar-refractivity contribution >= 4 is 35.0 Å². The Bertz CT molecular complexity index is 1320. The van der Waals surface area contributed by atoms with E-state index in [0.717, 1.165) is 22.6 Å². The Hall–Kier alpha value is -3.81. The van der Waals surface area contributed by atoms with E-state index in [-0.39, 0.29) is 34.2 Å². The van der Waals surface area contributed by atoms with Gasteiger partial charge in [0, 0.05) is 35.1 Å². The van der Waals surface area contributed by atoms with E-state index in [9.17, 15) is 19.8 Å². The van der Waals surface area contributed by atoms with Crippen molar-refractivity contribution in [3.05, 3.63) is 118 Å². The van der Waals surface area contributed by atoms with Gasteiger partial charge in [0.2, 0.25) is 0 Å². The number of aromatic carboxylic acids is 2. The van der Waals surface area contributed by atoms with Crippen LogP contribution in [0.15, 0.2) is 84.9 Å². The number of fused-ring (bicyclic) bond motifs is 4. The molecule has 0 spiro atoms. The van der Waals surface area contributed by atoms with Crippen LogP contribution in [-0.2, 0) is 12.8 Å². The van der Waals surface area contributed by atoms with Crippen molar-refractivity contribution in [2.45, 2.75) is 12.8 Å². The second kappa shape index (κ2) is 10.2. The van der Waals surface area contributed by atoms with Crippen LogP contribution in [0, 0.1) is 0 Å². The normalized spacial score (nSPS) is 11.9. The van der Waals surface area contributed by atoms with E-state index in [0.29, 0.717) is 35.5 Å². The summed E-state index contributed by atoms with van der Waals surface area (Å²) in [4.78, 5) is 22.0. The molecule has 6 nitrogen and oxygen atoms in total. The molecule has 0 atom stereocenters. The number of benzene rings is 4. The molecule has 0 aliphatic carbocycles. The van der Waals surface area contributed by atoms with Crippen molar-refractivity contribution in [1.29, 1.82) is 0 Å². The standard InChI is InChI=1S/2C14H10O3.Mg/c2*15-14(16)10-5-3-7-13-11(10)8-9-4-1-2-6-12(9)17-13;/h2*1-7H,8H2,(H,15,16);/q;;+2/p-2. The molecule has 0 saturated heterocycles. The van der Waals surface area contributed by atoms with E-state index in [1.54, 1.807) is 36.4 Å². The number of rotatable bonds is 2. The molecule has 4 aromatic rings. The summed E-state index contributed by atoms with van der Waals surface area (Å²) in [5.74, 6) is 0.455. The zero-order chi connectivity index (χ0) is 23.7. The Morgan fingerprint density at radius 1 is 0.543 bits per heavy atom. The number of para-hydroxylation sites is 2. The first kappa shape index (κ1) is 24.3. The second-order valence-corrected chi connectivity index (χ2v) is 7.91. The van der Waals surface area contributed by atoms with Crippen molar-refractivity contribution < 1.29 is 29.3 Å². The maximum Gasteiger partial charge on any atom is 2.00 e. The minimum atomic E-state index is -1.16. The molecule has 168 valence electrons. The fourth-order valence-electron chi connectivity index (χ4n) is 4.19. The smallest absolute Gasteiger partial charge is 0.545 e. The summed E-state index contributed by atoms with van der Waals surface area (Å²) in [5, 5.41) is 22.0. The summed E-state index contributed by atoms with van der Waals surface area (Å²) in [6, 6.07) is 25.2. The first-order chi connectivity index (χ1) is 16.5. The average Bonchev–Trinajstić information content (AvgIpc) is 2.85. The second-order valence-electron chi connectivity index (χ2n) is 7.91. The minimum Gasteiger partial charge on any atom is -0.545 e. The van der Waals surface area contributed by atoms with Crippen LogP contribution in [-0.4, -0.2) is 35.0 Å². The van der Waals surface area contributed by atoms with Gasteiger partial charge in [-0.2, -0.15) is 0 Å². The molecule has 4 aromatic carbocycles. The molecule has 2 aliphatic heterocycles. The summed E-state index contributed by atoms with van der Waals surface area (Å²) < 4.78 is 11.4. The zero-order valence-electron chi connectivity index (χ0n) is 18.7. The molecular formula is C28H18MgO6. The molecule has 0 saturated carbocycles. The molecule has 0 fully saturated rings. The maximum absolute atomic E-state index is 11.0. The van der Waals surface area contributed by atoms with Crippen molar-refractivity contribution in [2.24, 2.45) is 0 Å². The summed E-state index contributed by atoms with van der Waals surface area (Å²) >= 11 is 0. The van der Waals surface area contributed by atoms with Gasteiger partial charge in [0.25, 0.3) is 0 Å². The van der Waals surface area contributed by atoms with E-state index in [2.05, 4.69) is 0 Å². The molecule has 2 aliphatic rings. The number of carbonyl (C=O) groups excluding carboxylic acids is 2. The number of carboxylic acids is 2. The van der Waals surface area contributed by atoms with Gasteiger partial charge in [-0.1, -0.05) is 60.7 Å². The van der Waals surface area contributed by atoms with Crippen molar-refractivity contribution in [1.82, 2.24) is 0 Å². The SMILES string of the molecule is O=C([O-])c1cccc2c1Cc1ccccc1O2.O=C([O-])c1cccc2c1Cc1ccccc1O2.[Mg+2]. The largest absolute Gasteiger partial charge is 2.00 e. The Kier molecular flexibility index (Phi) is 7.09. The summed E-state index contributed by atoms with van der Waals surface area (Å²) in [7, 11) is 0. The number of hydrogen-bond donors (Lipinski definition) is 0. The van der Waals surface area contributed by atoms with Crippen molar-refractivity contribution in [2.75, 3.05) is 0 Å². The number of carbonyl (C=O) groups is 2. The van der Waals surface area contributed by atoms with Crippen LogP contribution in [0.25, 0.3) is 0 Å². The first-order valence-corrected chi connectivity index (χ1v) is 10.7. The van der Waals surface area contributed by atoms with Gasteiger partial charge >= 0.3 is 23.1 Å². The molecule has 6 rings (SSSR count). The molecule has 35 heavy (non-hydrogen) atoms. The fraction of sp³-hybridized carbons (Fsp3) is 0.0714. The molecule has 0 amide bonds. The van der Waals surface area contributed by atoms with Crippen LogP contribution in [0.5, 0.6) is 23.0 Å². The van der Waals surface area contributed by atoms with Gasteiger partial charge in [-0.05, 0) is 35.4 Å². The van der Waals surface area contributed by atoms with Crippen LogP contribution in [0.4, 0.5) is 0 Å². The monoisotopic (exact) mass is 474 g/mol. The molecule has 0 unspecified atom stereocenters. The Morgan fingerprint density at radius 2 is 0.914 bits per heavy atom. The number of hydrogen-bond acceptors (Lipinski definition) is 6. The predicted molar refractivity (Wildman–Crippen MR) is 126 cm³/mol. The van der Waals surface area contributed by atoms with E-state index in [4.69, 9.17) is 9.47 Å². The van der Waals surface area contributed by atoms with Gasteiger partial charge in [0.05, 0.1) is 11.9 Å². The molecule has 7 heteroatoms. The van der Waals surface area contributed by atoms with Gasteiger partial charge < -0.3 is 29.3 Å². The van der Waals surface area contributed by atoms with Crippen molar-refractivity contribution in [3.63, 3.8) is 0 Å². The fourth-order valence-corrected chi connectivity index (χ4v) is 4.19. The van der Waals surface area contributed by atoms with Crippen LogP contribution in [0.1, 0.15) is 43.0 Å². The molecular weight excluding hydrogens is 457 g/mol. The average molecular weight is 475 g/mol. The Balaban J connectivity index is 0.000000160. The van der Waals surface area contributed by atoms with E-state index < -0.39 is 11.9 Å². The number of ether oxygens (including phenoxy) is 2. The summed E-state index contributed by atoms with van der Waals surface area (Å²) in [6.07, 6.45) is 1.13. The summed E-state index contributed by atoms with van der Waals surface area (Å²) in [5.41, 5.74) is 3.77. The van der Waals surface area contributed by atoms with Gasteiger partial charge in [-0.25, -0.2) is 0 Å². The Morgan fingerprint density at radius 3 is 1.31 bits per heavy atom. The third-order valence-corrected chi connectivity index (χ3v) is 5.83. The minimum absolute atomic E-state index is 0. The van der Waals surface area contributed by atoms with Crippen molar-refractivity contribution in [3.8, 4) is 23.0 Å². The molecule has 0 aromatic heterocycles.